The van der Waals surface area contributed by atoms with Crippen molar-refractivity contribution in [2.75, 3.05) is 20.3 Å². The third kappa shape index (κ3) is 5.29. The summed E-state index contributed by atoms with van der Waals surface area (Å²) < 4.78 is 16.1. The molecule has 0 radical (unpaired) electrons. The number of aryl methyl sites for hydroxylation is 2. The number of benzene rings is 1. The molecule has 0 unspecified atom stereocenters. The van der Waals surface area contributed by atoms with Crippen molar-refractivity contribution in [3.05, 3.63) is 65.2 Å². The van der Waals surface area contributed by atoms with Gasteiger partial charge in [-0.1, -0.05) is 17.3 Å². The fourth-order valence-corrected chi connectivity index (χ4v) is 3.83. The highest BCUT2D eigenvalue weighted by Gasteiger charge is 2.15. The first-order chi connectivity index (χ1) is 14.1. The van der Waals surface area contributed by atoms with E-state index < -0.39 is 0 Å². The van der Waals surface area contributed by atoms with Crippen LogP contribution in [0, 0.1) is 13.8 Å². The van der Waals surface area contributed by atoms with Crippen molar-refractivity contribution in [3.63, 3.8) is 0 Å². The lowest BCUT2D eigenvalue weighted by Gasteiger charge is -2.12. The lowest BCUT2D eigenvalue weighted by atomic mass is 10.2. The smallest absolute Gasteiger partial charge is 0.254 e. The first kappa shape index (κ1) is 20.7. The maximum absolute atomic E-state index is 12.6. The van der Waals surface area contributed by atoms with Gasteiger partial charge in [0.1, 0.15) is 17.4 Å². The number of thioether (sulfide) groups is 1. The van der Waals surface area contributed by atoms with Gasteiger partial charge in [-0.05, 0) is 38.1 Å². The predicted octanol–water partition coefficient (Wildman–Crippen LogP) is 3.80. The van der Waals surface area contributed by atoms with Crippen molar-refractivity contribution in [3.8, 4) is 11.5 Å². The lowest BCUT2D eigenvalue weighted by Crippen LogP contribution is -2.28. The average molecular weight is 413 g/mol. The quantitative estimate of drug-likeness (QED) is 0.422. The molecule has 3 aromatic rings. The highest BCUT2D eigenvalue weighted by Crippen LogP contribution is 2.27. The Morgan fingerprint density at radius 1 is 1.17 bits per heavy atom. The third-order valence-corrected chi connectivity index (χ3v) is 5.30. The van der Waals surface area contributed by atoms with Crippen LogP contribution < -0.4 is 14.8 Å². The molecule has 0 saturated carbocycles. The molecule has 3 rings (SSSR count). The Bertz CT molecular complexity index is 955. The van der Waals surface area contributed by atoms with Crippen LogP contribution in [-0.2, 0) is 5.75 Å². The zero-order chi connectivity index (χ0) is 20.6. The number of ether oxygens (including phenoxy) is 2. The van der Waals surface area contributed by atoms with Gasteiger partial charge in [0.05, 0.1) is 24.9 Å². The summed E-state index contributed by atoms with van der Waals surface area (Å²) in [5.41, 5.74) is 2.41. The number of nitrogens with zero attached hydrogens (tertiary/aromatic N) is 2. The second-order valence-electron chi connectivity index (χ2n) is 6.20. The number of carbonyl (C=O) groups excluding carboxylic acids is 1. The number of methoxy groups -OCH3 is 1. The zero-order valence-corrected chi connectivity index (χ0v) is 17.4. The van der Waals surface area contributed by atoms with E-state index in [2.05, 4.69) is 15.5 Å². The number of hydrogen-bond acceptors (Lipinski definition) is 7. The lowest BCUT2D eigenvalue weighted by molar-refractivity contribution is 0.0943. The Labute approximate surface area is 173 Å². The predicted molar refractivity (Wildman–Crippen MR) is 111 cm³/mol. The molecular formula is C21H23N3O4S. The maximum Gasteiger partial charge on any atom is 0.254 e. The molecule has 1 amide bonds. The minimum absolute atomic E-state index is 0.192. The fourth-order valence-electron chi connectivity index (χ4n) is 2.69. The van der Waals surface area contributed by atoms with E-state index in [1.54, 1.807) is 25.4 Å². The van der Waals surface area contributed by atoms with Gasteiger partial charge in [-0.2, -0.15) is 0 Å². The summed E-state index contributed by atoms with van der Waals surface area (Å²) in [5.74, 6) is 2.52. The number of carbonyl (C=O) groups is 1. The summed E-state index contributed by atoms with van der Waals surface area (Å²) in [7, 11) is 1.59. The topological polar surface area (TPSA) is 86.5 Å². The summed E-state index contributed by atoms with van der Waals surface area (Å²) in [5, 5.41) is 7.50. The molecule has 7 nitrogen and oxygen atoms in total. The van der Waals surface area contributed by atoms with Crippen LogP contribution in [0.2, 0.25) is 0 Å². The van der Waals surface area contributed by atoms with E-state index in [4.69, 9.17) is 14.0 Å². The Morgan fingerprint density at radius 2 is 1.97 bits per heavy atom. The molecule has 0 aliphatic heterocycles. The first-order valence-electron chi connectivity index (χ1n) is 9.13. The van der Waals surface area contributed by atoms with E-state index in [1.165, 1.54) is 11.8 Å². The summed E-state index contributed by atoms with van der Waals surface area (Å²) in [6.07, 6.45) is 1.68. The molecule has 2 heterocycles. The number of aromatic nitrogens is 2. The fraction of sp³-hybridized carbons (Fsp3) is 0.286. The molecule has 0 aliphatic carbocycles. The largest absolute Gasteiger partial charge is 0.493 e. The normalized spacial score (nSPS) is 10.6. The van der Waals surface area contributed by atoms with Crippen molar-refractivity contribution in [1.29, 1.82) is 0 Å². The maximum atomic E-state index is 12.6. The molecule has 8 heteroatoms. The van der Waals surface area contributed by atoms with Gasteiger partial charge in [-0.3, -0.25) is 4.79 Å². The molecule has 2 aromatic heterocycles. The highest BCUT2D eigenvalue weighted by atomic mass is 32.2. The van der Waals surface area contributed by atoms with Gasteiger partial charge in [0, 0.05) is 17.5 Å². The Morgan fingerprint density at radius 3 is 2.69 bits per heavy atom. The standard InChI is InChI=1S/C21H23N3O4S/c1-14-17(15(2)28-24-14)13-29-21-16(7-6-10-23-21)20(25)22-11-12-27-19-9-5-4-8-18(19)26-3/h4-10H,11-13H2,1-3H3,(H,22,25). The first-order valence-corrected chi connectivity index (χ1v) is 10.1. The van der Waals surface area contributed by atoms with Crippen LogP contribution in [0.5, 0.6) is 11.5 Å². The van der Waals surface area contributed by atoms with Gasteiger partial charge in [-0.15, -0.1) is 11.8 Å². The minimum atomic E-state index is -0.192. The van der Waals surface area contributed by atoms with Crippen LogP contribution in [-0.4, -0.2) is 36.3 Å². The number of rotatable bonds is 9. The Kier molecular flexibility index (Phi) is 7.13. The van der Waals surface area contributed by atoms with Gasteiger partial charge in [0.2, 0.25) is 0 Å². The summed E-state index contributed by atoms with van der Waals surface area (Å²) in [6, 6.07) is 10.9. The number of nitrogens with one attached hydrogen (secondary N) is 1. The van der Waals surface area contributed by atoms with Crippen LogP contribution in [0.25, 0.3) is 0 Å². The second kappa shape index (κ2) is 9.97. The molecule has 0 fully saturated rings. The van der Waals surface area contributed by atoms with Crippen LogP contribution in [0.1, 0.15) is 27.4 Å². The minimum Gasteiger partial charge on any atom is -0.493 e. The summed E-state index contributed by atoms with van der Waals surface area (Å²) >= 11 is 1.48. The van der Waals surface area contributed by atoms with E-state index in [-0.39, 0.29) is 5.91 Å². The van der Waals surface area contributed by atoms with Gasteiger partial charge in [-0.25, -0.2) is 4.98 Å². The summed E-state index contributed by atoms with van der Waals surface area (Å²) in [6.45, 7) is 4.47. The average Bonchev–Trinajstić information content (AvgIpc) is 3.07. The van der Waals surface area contributed by atoms with Crippen molar-refractivity contribution in [2.24, 2.45) is 0 Å². The molecule has 0 bridgehead atoms. The molecule has 0 spiro atoms. The SMILES string of the molecule is COc1ccccc1OCCNC(=O)c1cccnc1SCc1c(C)noc1C. The van der Waals surface area contributed by atoms with Crippen molar-refractivity contribution in [1.82, 2.24) is 15.5 Å². The van der Waals surface area contributed by atoms with E-state index in [0.717, 1.165) is 17.0 Å². The van der Waals surface area contributed by atoms with Gasteiger partial charge in [0.25, 0.3) is 5.91 Å². The van der Waals surface area contributed by atoms with E-state index in [1.807, 2.05) is 38.1 Å². The molecule has 29 heavy (non-hydrogen) atoms. The van der Waals surface area contributed by atoms with Crippen LogP contribution >= 0.6 is 11.8 Å². The number of pyridine rings is 1. The highest BCUT2D eigenvalue weighted by molar-refractivity contribution is 7.98. The Hall–Kier alpha value is -3.00. The third-order valence-electron chi connectivity index (χ3n) is 4.26. The zero-order valence-electron chi connectivity index (χ0n) is 16.6. The monoisotopic (exact) mass is 413 g/mol. The van der Waals surface area contributed by atoms with Crippen molar-refractivity contribution < 1.29 is 18.8 Å². The molecule has 0 saturated heterocycles. The molecule has 1 aromatic carbocycles. The van der Waals surface area contributed by atoms with Crippen molar-refractivity contribution in [2.45, 2.75) is 24.6 Å². The molecule has 0 aliphatic rings. The van der Waals surface area contributed by atoms with Crippen molar-refractivity contribution >= 4 is 17.7 Å². The summed E-state index contributed by atoms with van der Waals surface area (Å²) in [4.78, 5) is 17.0. The van der Waals surface area contributed by atoms with E-state index in [9.17, 15) is 4.79 Å². The van der Waals surface area contributed by atoms with Crippen LogP contribution in [0.4, 0.5) is 0 Å². The van der Waals surface area contributed by atoms with E-state index in [0.29, 0.717) is 41.0 Å². The van der Waals surface area contributed by atoms with Gasteiger partial charge >= 0.3 is 0 Å². The molecular weight excluding hydrogens is 390 g/mol. The van der Waals surface area contributed by atoms with Crippen LogP contribution in [0.15, 0.2) is 52.1 Å². The molecule has 1 N–H and O–H groups in total. The number of hydrogen-bond donors (Lipinski definition) is 1. The second-order valence-corrected chi connectivity index (χ2v) is 7.17. The van der Waals surface area contributed by atoms with E-state index >= 15 is 0 Å². The number of para-hydroxylation sites is 2. The van der Waals surface area contributed by atoms with Gasteiger partial charge < -0.3 is 19.3 Å². The Balaban J connectivity index is 1.55. The van der Waals surface area contributed by atoms with Crippen LogP contribution in [0.3, 0.4) is 0 Å². The molecule has 152 valence electrons. The van der Waals surface area contributed by atoms with Gasteiger partial charge in [0.15, 0.2) is 11.5 Å². The number of amides is 1. The molecule has 0 atom stereocenters.